The number of para-hydroxylation sites is 1. The van der Waals surface area contributed by atoms with Crippen molar-refractivity contribution in [1.82, 2.24) is 9.78 Å². The van der Waals surface area contributed by atoms with Crippen LogP contribution in [0.3, 0.4) is 0 Å². The number of methoxy groups -OCH3 is 1. The molecule has 5 heteroatoms. The van der Waals surface area contributed by atoms with Crippen LogP contribution in [0, 0.1) is 0 Å². The lowest BCUT2D eigenvalue weighted by molar-refractivity contribution is 0.183. The molecule has 1 aliphatic heterocycles. The molecule has 0 spiro atoms. The molecule has 22 heavy (non-hydrogen) atoms. The molecule has 0 bridgehead atoms. The van der Waals surface area contributed by atoms with Crippen molar-refractivity contribution in [3.8, 4) is 0 Å². The largest absolute Gasteiger partial charge is 0.383 e. The Kier molecular flexibility index (Phi) is 4.96. The fourth-order valence-corrected chi connectivity index (χ4v) is 2.90. The average Bonchev–Trinajstić information content (AvgIpc) is 3.02. The van der Waals surface area contributed by atoms with Gasteiger partial charge in [0.05, 0.1) is 25.0 Å². The Morgan fingerprint density at radius 1 is 1.23 bits per heavy atom. The third kappa shape index (κ3) is 3.80. The topological polar surface area (TPSA) is 42.3 Å². The number of anilines is 2. The summed E-state index contributed by atoms with van der Waals surface area (Å²) in [7, 11) is 1.71. The maximum Gasteiger partial charge on any atom is 0.0728 e. The molecule has 0 amide bonds. The number of nitrogens with zero attached hydrogens (tertiary/aromatic N) is 3. The Hall–Kier alpha value is -2.01. The predicted molar refractivity (Wildman–Crippen MR) is 89.4 cm³/mol. The van der Waals surface area contributed by atoms with Gasteiger partial charge in [-0.2, -0.15) is 5.10 Å². The van der Waals surface area contributed by atoms with Gasteiger partial charge in [0.25, 0.3) is 0 Å². The second kappa shape index (κ2) is 7.31. The highest BCUT2D eigenvalue weighted by molar-refractivity contribution is 5.47. The van der Waals surface area contributed by atoms with Crippen molar-refractivity contribution in [1.29, 1.82) is 0 Å². The molecule has 3 rings (SSSR count). The van der Waals surface area contributed by atoms with Gasteiger partial charge in [-0.3, -0.25) is 4.68 Å². The summed E-state index contributed by atoms with van der Waals surface area (Å²) in [6.45, 7) is 3.68. The summed E-state index contributed by atoms with van der Waals surface area (Å²) in [6, 6.07) is 11.2. The van der Waals surface area contributed by atoms with Crippen LogP contribution in [0.25, 0.3) is 0 Å². The number of benzene rings is 1. The summed E-state index contributed by atoms with van der Waals surface area (Å²) in [6.07, 6.45) is 6.26. The van der Waals surface area contributed by atoms with E-state index >= 15 is 0 Å². The molecule has 0 saturated carbocycles. The van der Waals surface area contributed by atoms with Crippen molar-refractivity contribution in [2.45, 2.75) is 25.4 Å². The molecule has 2 heterocycles. The van der Waals surface area contributed by atoms with Crippen molar-refractivity contribution < 1.29 is 4.74 Å². The quantitative estimate of drug-likeness (QED) is 0.890. The molecule has 118 valence electrons. The first-order chi connectivity index (χ1) is 10.8. The van der Waals surface area contributed by atoms with Crippen LogP contribution in [-0.4, -0.2) is 42.6 Å². The van der Waals surface area contributed by atoms with E-state index in [1.165, 1.54) is 5.69 Å². The van der Waals surface area contributed by atoms with Gasteiger partial charge in [0.2, 0.25) is 0 Å². The first kappa shape index (κ1) is 14.9. The minimum absolute atomic E-state index is 0.528. The Morgan fingerprint density at radius 3 is 2.73 bits per heavy atom. The SMILES string of the molecule is COCCn1cc(NC2CCN(c3ccccc3)CC2)cn1. The molecule has 0 unspecified atom stereocenters. The molecule has 2 aromatic rings. The summed E-state index contributed by atoms with van der Waals surface area (Å²) in [5.74, 6) is 0. The number of aromatic nitrogens is 2. The van der Waals surface area contributed by atoms with E-state index in [1.54, 1.807) is 7.11 Å². The standard InChI is InChI=1S/C17H24N4O/c1-22-12-11-21-14-16(13-18-21)19-15-7-9-20(10-8-15)17-5-3-2-4-6-17/h2-6,13-15,19H,7-12H2,1H3. The molecule has 0 aliphatic carbocycles. The highest BCUT2D eigenvalue weighted by atomic mass is 16.5. The van der Waals surface area contributed by atoms with E-state index in [0.29, 0.717) is 12.6 Å². The van der Waals surface area contributed by atoms with Gasteiger partial charge >= 0.3 is 0 Å². The number of rotatable bonds is 6. The van der Waals surface area contributed by atoms with Crippen molar-refractivity contribution in [3.63, 3.8) is 0 Å². The fourth-order valence-electron chi connectivity index (χ4n) is 2.90. The van der Waals surface area contributed by atoms with E-state index in [1.807, 2.05) is 10.9 Å². The Bertz CT molecular complexity index is 561. The Morgan fingerprint density at radius 2 is 2.00 bits per heavy atom. The number of hydrogen-bond acceptors (Lipinski definition) is 4. The Balaban J connectivity index is 1.48. The van der Waals surface area contributed by atoms with E-state index < -0.39 is 0 Å². The van der Waals surface area contributed by atoms with E-state index in [9.17, 15) is 0 Å². The summed E-state index contributed by atoms with van der Waals surface area (Å²) >= 11 is 0. The molecule has 1 aromatic carbocycles. The van der Waals surface area contributed by atoms with Crippen molar-refractivity contribution >= 4 is 11.4 Å². The fraction of sp³-hybridized carbons (Fsp3) is 0.471. The summed E-state index contributed by atoms with van der Waals surface area (Å²) < 4.78 is 6.99. The minimum atomic E-state index is 0.528. The Labute approximate surface area is 131 Å². The van der Waals surface area contributed by atoms with Crippen LogP contribution in [0.4, 0.5) is 11.4 Å². The lowest BCUT2D eigenvalue weighted by Gasteiger charge is -2.34. The zero-order valence-corrected chi connectivity index (χ0v) is 13.1. The summed E-state index contributed by atoms with van der Waals surface area (Å²) in [5.41, 5.74) is 2.43. The van der Waals surface area contributed by atoms with Gasteiger partial charge in [0, 0.05) is 38.1 Å². The van der Waals surface area contributed by atoms with Gasteiger partial charge in [0.1, 0.15) is 0 Å². The molecule has 0 atom stereocenters. The monoisotopic (exact) mass is 300 g/mol. The maximum atomic E-state index is 5.07. The van der Waals surface area contributed by atoms with Gasteiger partial charge in [0.15, 0.2) is 0 Å². The average molecular weight is 300 g/mol. The molecule has 1 aliphatic rings. The first-order valence-corrected chi connectivity index (χ1v) is 7.93. The molecule has 1 N–H and O–H groups in total. The molecule has 5 nitrogen and oxygen atoms in total. The second-order valence-electron chi connectivity index (χ2n) is 5.73. The molecule has 1 aromatic heterocycles. The molecule has 1 saturated heterocycles. The zero-order valence-electron chi connectivity index (χ0n) is 13.1. The number of ether oxygens (including phenoxy) is 1. The van der Waals surface area contributed by atoms with Crippen LogP contribution in [0.5, 0.6) is 0 Å². The number of piperidine rings is 1. The smallest absolute Gasteiger partial charge is 0.0728 e. The van der Waals surface area contributed by atoms with Crippen molar-refractivity contribution in [2.24, 2.45) is 0 Å². The lowest BCUT2D eigenvalue weighted by Crippen LogP contribution is -2.39. The van der Waals surface area contributed by atoms with E-state index in [0.717, 1.165) is 38.2 Å². The summed E-state index contributed by atoms with van der Waals surface area (Å²) in [5, 5.41) is 7.94. The number of hydrogen-bond donors (Lipinski definition) is 1. The van der Waals surface area contributed by atoms with Crippen LogP contribution in [0.15, 0.2) is 42.7 Å². The van der Waals surface area contributed by atoms with E-state index in [4.69, 9.17) is 4.74 Å². The number of nitrogens with one attached hydrogen (secondary N) is 1. The molecule has 0 radical (unpaired) electrons. The maximum absolute atomic E-state index is 5.07. The molecule has 1 fully saturated rings. The minimum Gasteiger partial charge on any atom is -0.383 e. The van der Waals surface area contributed by atoms with E-state index in [2.05, 4.69) is 51.8 Å². The van der Waals surface area contributed by atoms with Crippen LogP contribution < -0.4 is 10.2 Å². The lowest BCUT2D eigenvalue weighted by atomic mass is 10.0. The van der Waals surface area contributed by atoms with Gasteiger partial charge in [-0.1, -0.05) is 18.2 Å². The van der Waals surface area contributed by atoms with E-state index in [-0.39, 0.29) is 0 Å². The molecular weight excluding hydrogens is 276 g/mol. The first-order valence-electron chi connectivity index (χ1n) is 7.93. The summed E-state index contributed by atoms with van der Waals surface area (Å²) in [4.78, 5) is 2.46. The predicted octanol–water partition coefficient (Wildman–Crippen LogP) is 2.61. The van der Waals surface area contributed by atoms with Crippen molar-refractivity contribution in [3.05, 3.63) is 42.7 Å². The molecular formula is C17H24N4O. The van der Waals surface area contributed by atoms with Gasteiger partial charge in [-0.25, -0.2) is 0 Å². The normalized spacial score (nSPS) is 16.0. The highest BCUT2D eigenvalue weighted by Crippen LogP contribution is 2.21. The van der Waals surface area contributed by atoms with Crippen LogP contribution >= 0.6 is 0 Å². The van der Waals surface area contributed by atoms with Crippen molar-refractivity contribution in [2.75, 3.05) is 37.0 Å². The highest BCUT2D eigenvalue weighted by Gasteiger charge is 2.19. The van der Waals surface area contributed by atoms with Crippen LogP contribution in [0.2, 0.25) is 0 Å². The van der Waals surface area contributed by atoms with Crippen LogP contribution in [-0.2, 0) is 11.3 Å². The van der Waals surface area contributed by atoms with Gasteiger partial charge in [-0.15, -0.1) is 0 Å². The third-order valence-electron chi connectivity index (χ3n) is 4.14. The third-order valence-corrected chi connectivity index (χ3v) is 4.14. The second-order valence-corrected chi connectivity index (χ2v) is 5.73. The van der Waals surface area contributed by atoms with Gasteiger partial charge < -0.3 is 15.0 Å². The van der Waals surface area contributed by atoms with Gasteiger partial charge in [-0.05, 0) is 25.0 Å². The zero-order chi connectivity index (χ0) is 15.2. The van der Waals surface area contributed by atoms with Crippen LogP contribution in [0.1, 0.15) is 12.8 Å².